The molecule has 0 aromatic heterocycles. The molecule has 1 atom stereocenters. The van der Waals surface area contributed by atoms with Gasteiger partial charge in [0.25, 0.3) is 0 Å². The minimum Gasteiger partial charge on any atom is -0.495 e. The molecule has 1 aliphatic heterocycles. The fourth-order valence-corrected chi connectivity index (χ4v) is 2.77. The fraction of sp³-hybridized carbons (Fsp3) is 0.778. The van der Waals surface area contributed by atoms with Crippen LogP contribution in [0.2, 0.25) is 0 Å². The van der Waals surface area contributed by atoms with Crippen molar-refractivity contribution in [1.29, 1.82) is 0 Å². The minimum absolute atomic E-state index is 0.240. The number of aliphatic hydroxyl groups is 1. The molecule has 1 aliphatic rings. The first kappa shape index (κ1) is 12.7. The van der Waals surface area contributed by atoms with Crippen LogP contribution in [0.15, 0.2) is 11.6 Å². The van der Waals surface area contributed by atoms with E-state index >= 15 is 0 Å². The van der Waals surface area contributed by atoms with Gasteiger partial charge in [0.05, 0.1) is 25.1 Å². The van der Waals surface area contributed by atoms with Gasteiger partial charge in [0.15, 0.2) is 0 Å². The smallest absolute Gasteiger partial charge is 0.357 e. The van der Waals surface area contributed by atoms with Crippen molar-refractivity contribution in [3.05, 3.63) is 11.6 Å². The number of aliphatic hydroxyl groups excluding tert-OH is 1. The second-order valence-electron chi connectivity index (χ2n) is 3.14. The molecule has 1 fully saturated rings. The van der Waals surface area contributed by atoms with E-state index in [2.05, 4.69) is 0 Å². The highest BCUT2D eigenvalue weighted by Crippen LogP contribution is 2.51. The molecule has 0 radical (unpaired) electrons. The lowest BCUT2D eigenvalue weighted by atomic mass is 10.3. The lowest BCUT2D eigenvalue weighted by molar-refractivity contribution is 0.140. The number of hydrogen-bond acceptors (Lipinski definition) is 5. The molecule has 88 valence electrons. The SMILES string of the molecule is CCOP(=O)(/C=C1\C[C@H](O)CO1)OCC. The van der Waals surface area contributed by atoms with E-state index in [1.54, 1.807) is 13.8 Å². The topological polar surface area (TPSA) is 65.0 Å². The average Bonchev–Trinajstić information content (AvgIpc) is 2.51. The maximum atomic E-state index is 12.0. The van der Waals surface area contributed by atoms with Crippen LogP contribution < -0.4 is 0 Å². The van der Waals surface area contributed by atoms with E-state index in [0.29, 0.717) is 25.4 Å². The zero-order chi connectivity index (χ0) is 11.3. The van der Waals surface area contributed by atoms with Crippen LogP contribution in [0.4, 0.5) is 0 Å². The number of ether oxygens (including phenoxy) is 1. The van der Waals surface area contributed by atoms with Crippen LogP contribution in [0.25, 0.3) is 0 Å². The first-order valence-corrected chi connectivity index (χ1v) is 6.62. The van der Waals surface area contributed by atoms with Crippen molar-refractivity contribution in [2.45, 2.75) is 26.4 Å². The average molecular weight is 236 g/mol. The van der Waals surface area contributed by atoms with Crippen molar-refractivity contribution < 1.29 is 23.5 Å². The van der Waals surface area contributed by atoms with Gasteiger partial charge in [0.1, 0.15) is 12.4 Å². The van der Waals surface area contributed by atoms with Crippen molar-refractivity contribution in [3.63, 3.8) is 0 Å². The van der Waals surface area contributed by atoms with Crippen LogP contribution in [-0.2, 0) is 18.3 Å². The lowest BCUT2D eigenvalue weighted by Crippen LogP contribution is -2.02. The van der Waals surface area contributed by atoms with Gasteiger partial charge < -0.3 is 18.9 Å². The number of hydrogen-bond donors (Lipinski definition) is 1. The molecule has 1 saturated heterocycles. The normalized spacial score (nSPS) is 24.5. The highest BCUT2D eigenvalue weighted by Gasteiger charge is 2.26. The first-order valence-electron chi connectivity index (χ1n) is 5.01. The molecular formula is C9H17O5P. The number of rotatable bonds is 5. The van der Waals surface area contributed by atoms with E-state index in [0.717, 1.165) is 0 Å². The molecule has 0 saturated carbocycles. The minimum atomic E-state index is -3.19. The Morgan fingerprint density at radius 3 is 2.53 bits per heavy atom. The Morgan fingerprint density at radius 2 is 2.13 bits per heavy atom. The Kier molecular flexibility index (Phi) is 4.80. The van der Waals surface area contributed by atoms with Crippen LogP contribution >= 0.6 is 7.60 Å². The van der Waals surface area contributed by atoms with Crippen molar-refractivity contribution in [1.82, 2.24) is 0 Å². The molecule has 0 aromatic rings. The van der Waals surface area contributed by atoms with Crippen molar-refractivity contribution in [2.75, 3.05) is 19.8 Å². The van der Waals surface area contributed by atoms with Gasteiger partial charge in [0.2, 0.25) is 0 Å². The van der Waals surface area contributed by atoms with Crippen LogP contribution in [0.5, 0.6) is 0 Å². The van der Waals surface area contributed by atoms with E-state index in [1.165, 1.54) is 5.82 Å². The Morgan fingerprint density at radius 1 is 1.53 bits per heavy atom. The molecule has 5 nitrogen and oxygen atoms in total. The lowest BCUT2D eigenvalue weighted by Gasteiger charge is -2.13. The molecule has 1 heterocycles. The maximum Gasteiger partial charge on any atom is 0.357 e. The Labute approximate surface area is 89.6 Å². The summed E-state index contributed by atoms with van der Waals surface area (Å²) in [7, 11) is -3.19. The van der Waals surface area contributed by atoms with Gasteiger partial charge in [-0.2, -0.15) is 0 Å². The summed E-state index contributed by atoms with van der Waals surface area (Å²) in [5.74, 6) is 1.84. The van der Waals surface area contributed by atoms with Gasteiger partial charge >= 0.3 is 7.60 Å². The second-order valence-corrected chi connectivity index (χ2v) is 4.99. The Bertz CT molecular complexity index is 266. The fourth-order valence-electron chi connectivity index (χ4n) is 1.29. The largest absolute Gasteiger partial charge is 0.495 e. The summed E-state index contributed by atoms with van der Waals surface area (Å²) in [6.07, 6.45) is -0.155. The first-order chi connectivity index (χ1) is 7.09. The van der Waals surface area contributed by atoms with Crippen LogP contribution in [-0.4, -0.2) is 31.0 Å². The molecule has 6 heteroatoms. The highest BCUT2D eigenvalue weighted by atomic mass is 31.2. The molecule has 0 aromatic carbocycles. The predicted octanol–water partition coefficient (Wildman–Crippen LogP) is 1.88. The van der Waals surface area contributed by atoms with E-state index in [-0.39, 0.29) is 6.61 Å². The molecular weight excluding hydrogens is 219 g/mol. The standard InChI is InChI=1S/C9H17O5P/c1-3-13-15(11,14-4-2)7-9-5-8(10)6-12-9/h7-8,10H,3-6H2,1-2H3/b9-7+/t8-/m0/s1. The van der Waals surface area contributed by atoms with Gasteiger partial charge in [-0.25, -0.2) is 0 Å². The molecule has 15 heavy (non-hydrogen) atoms. The van der Waals surface area contributed by atoms with E-state index in [1.807, 2.05) is 0 Å². The van der Waals surface area contributed by atoms with Crippen LogP contribution in [0.3, 0.4) is 0 Å². The van der Waals surface area contributed by atoms with Gasteiger partial charge in [-0.05, 0) is 13.8 Å². The molecule has 0 amide bonds. The third kappa shape index (κ3) is 3.95. The van der Waals surface area contributed by atoms with Crippen molar-refractivity contribution >= 4 is 7.60 Å². The Hall–Kier alpha value is -0.350. The molecule has 1 rings (SSSR count). The summed E-state index contributed by atoms with van der Waals surface area (Å²) in [5.41, 5.74) is 0. The van der Waals surface area contributed by atoms with Gasteiger partial charge in [-0.15, -0.1) is 0 Å². The summed E-state index contributed by atoms with van der Waals surface area (Å²) in [5, 5.41) is 9.22. The third-order valence-electron chi connectivity index (χ3n) is 1.82. The Balaban J connectivity index is 2.69. The highest BCUT2D eigenvalue weighted by molar-refractivity contribution is 7.57. The van der Waals surface area contributed by atoms with Crippen molar-refractivity contribution in [3.8, 4) is 0 Å². The zero-order valence-electron chi connectivity index (χ0n) is 9.01. The molecule has 1 N–H and O–H groups in total. The molecule has 0 bridgehead atoms. The van der Waals surface area contributed by atoms with Gasteiger partial charge in [-0.3, -0.25) is 4.57 Å². The molecule has 0 spiro atoms. The monoisotopic (exact) mass is 236 g/mol. The summed E-state index contributed by atoms with van der Waals surface area (Å²) in [6.45, 7) is 4.35. The predicted molar refractivity (Wildman–Crippen MR) is 55.5 cm³/mol. The summed E-state index contributed by atoms with van der Waals surface area (Å²) < 4.78 is 27.3. The van der Waals surface area contributed by atoms with Gasteiger partial charge in [-0.1, -0.05) is 0 Å². The van der Waals surface area contributed by atoms with E-state index < -0.39 is 13.7 Å². The zero-order valence-corrected chi connectivity index (χ0v) is 9.90. The third-order valence-corrected chi connectivity index (χ3v) is 3.66. The van der Waals surface area contributed by atoms with Crippen LogP contribution in [0, 0.1) is 0 Å². The van der Waals surface area contributed by atoms with Crippen LogP contribution in [0.1, 0.15) is 20.3 Å². The summed E-state index contributed by atoms with van der Waals surface area (Å²) in [4.78, 5) is 0. The molecule has 0 unspecified atom stereocenters. The van der Waals surface area contributed by atoms with E-state index in [9.17, 15) is 9.67 Å². The molecule has 0 aliphatic carbocycles. The summed E-state index contributed by atoms with van der Waals surface area (Å²) >= 11 is 0. The van der Waals surface area contributed by atoms with E-state index in [4.69, 9.17) is 13.8 Å². The van der Waals surface area contributed by atoms with Crippen molar-refractivity contribution in [2.24, 2.45) is 0 Å². The quantitative estimate of drug-likeness (QED) is 0.738. The summed E-state index contributed by atoms with van der Waals surface area (Å²) in [6, 6.07) is 0. The maximum absolute atomic E-state index is 12.0. The second kappa shape index (κ2) is 5.66. The van der Waals surface area contributed by atoms with Gasteiger partial charge in [0, 0.05) is 6.42 Å².